The third-order valence-corrected chi connectivity index (χ3v) is 5.87. The fourth-order valence-electron chi connectivity index (χ4n) is 3.78. The Morgan fingerprint density at radius 1 is 1.19 bits per heavy atom. The number of benzene rings is 2. The fraction of sp³-hybridized carbons (Fsp3) is 0.318. The molecule has 3 amide bonds. The van der Waals surface area contributed by atoms with Crippen molar-refractivity contribution in [3.8, 4) is 5.75 Å². The van der Waals surface area contributed by atoms with Crippen molar-refractivity contribution in [2.24, 2.45) is 5.92 Å². The van der Waals surface area contributed by atoms with Gasteiger partial charge in [-0.25, -0.2) is 9.78 Å². The predicted octanol–water partition coefficient (Wildman–Crippen LogP) is 3.53. The summed E-state index contributed by atoms with van der Waals surface area (Å²) < 4.78 is 6.42. The Morgan fingerprint density at radius 3 is 2.61 bits per heavy atom. The van der Waals surface area contributed by atoms with Crippen LogP contribution in [0.1, 0.15) is 37.3 Å². The number of hydrogen-bond donors (Lipinski definition) is 3. The highest BCUT2D eigenvalue weighted by Crippen LogP contribution is 2.34. The second-order valence-corrected chi connectivity index (χ2v) is 8.95. The molecule has 4 rings (SSSR count). The van der Waals surface area contributed by atoms with Crippen molar-refractivity contribution in [2.45, 2.75) is 25.9 Å². The monoisotopic (exact) mass is 534 g/mol. The van der Waals surface area contributed by atoms with Crippen LogP contribution in [0.4, 0.5) is 4.79 Å². The summed E-state index contributed by atoms with van der Waals surface area (Å²) in [5.41, 5.74) is 2.33. The van der Waals surface area contributed by atoms with E-state index in [9.17, 15) is 9.59 Å². The summed E-state index contributed by atoms with van der Waals surface area (Å²) in [6.07, 6.45) is 0. The number of imide groups is 1. The van der Waals surface area contributed by atoms with Gasteiger partial charge in [0, 0.05) is 3.57 Å². The van der Waals surface area contributed by atoms with Gasteiger partial charge in [0.15, 0.2) is 0 Å². The number of H-pyrrole nitrogens is 1. The van der Waals surface area contributed by atoms with E-state index in [0.717, 1.165) is 14.6 Å². The molecule has 0 spiro atoms. The minimum atomic E-state index is -0.772. The van der Waals surface area contributed by atoms with Crippen LogP contribution >= 0.6 is 22.6 Å². The SMILES string of the molecule is CC(C)[C@@H](c1nc2cc(I)ccc2[nH]1)N1C(=O)NC(c2ccc(OCCO)cc2)C1=O. The molecule has 162 valence electrons. The lowest BCUT2D eigenvalue weighted by molar-refractivity contribution is -0.130. The number of aromatic nitrogens is 2. The number of imidazole rings is 1. The Morgan fingerprint density at radius 2 is 1.94 bits per heavy atom. The average molecular weight is 534 g/mol. The third-order valence-electron chi connectivity index (χ3n) is 5.20. The maximum atomic E-state index is 13.3. The standard InChI is InChI=1S/C22H23IN4O4/c1-12(2)19(20-24-16-8-5-14(23)11-17(16)25-20)27-21(29)18(26-22(27)30)13-3-6-15(7-4-13)31-10-9-28/h3-8,11-12,18-19,28H,9-10H2,1-2H3,(H,24,25)(H,26,30)/t18?,19-/m0/s1. The number of aromatic amines is 1. The second-order valence-electron chi connectivity index (χ2n) is 7.70. The number of rotatable bonds is 7. The quantitative estimate of drug-likeness (QED) is 0.318. The van der Waals surface area contributed by atoms with E-state index in [1.165, 1.54) is 4.90 Å². The summed E-state index contributed by atoms with van der Waals surface area (Å²) in [4.78, 5) is 35.4. The van der Waals surface area contributed by atoms with Gasteiger partial charge in [-0.1, -0.05) is 26.0 Å². The number of amides is 3. The second kappa shape index (κ2) is 8.83. The number of aliphatic hydroxyl groups excluding tert-OH is 1. The lowest BCUT2D eigenvalue weighted by atomic mass is 10.0. The smallest absolute Gasteiger partial charge is 0.325 e. The zero-order valence-corrected chi connectivity index (χ0v) is 19.3. The van der Waals surface area contributed by atoms with E-state index in [0.29, 0.717) is 17.1 Å². The molecule has 0 bridgehead atoms. The molecule has 2 atom stereocenters. The molecule has 31 heavy (non-hydrogen) atoms. The first kappa shape index (κ1) is 21.6. The Balaban J connectivity index is 1.62. The minimum Gasteiger partial charge on any atom is -0.491 e. The topological polar surface area (TPSA) is 108 Å². The number of nitrogens with zero attached hydrogens (tertiary/aromatic N) is 2. The zero-order chi connectivity index (χ0) is 22.1. The minimum absolute atomic E-state index is 0.0395. The van der Waals surface area contributed by atoms with Gasteiger partial charge >= 0.3 is 6.03 Å². The van der Waals surface area contributed by atoms with E-state index in [4.69, 9.17) is 9.84 Å². The molecule has 1 aliphatic rings. The summed E-state index contributed by atoms with van der Waals surface area (Å²) in [7, 11) is 0. The average Bonchev–Trinajstić information content (AvgIpc) is 3.28. The number of halogens is 1. The molecule has 9 heteroatoms. The van der Waals surface area contributed by atoms with E-state index in [2.05, 4.69) is 37.9 Å². The summed E-state index contributed by atoms with van der Waals surface area (Å²) in [5, 5.41) is 11.7. The molecule has 1 fully saturated rings. The molecule has 8 nitrogen and oxygen atoms in total. The van der Waals surface area contributed by atoms with Gasteiger partial charge in [-0.15, -0.1) is 0 Å². The first-order valence-corrected chi connectivity index (χ1v) is 11.1. The molecule has 0 aliphatic carbocycles. The van der Waals surface area contributed by atoms with Crippen molar-refractivity contribution in [3.05, 3.63) is 57.4 Å². The molecule has 0 radical (unpaired) electrons. The van der Waals surface area contributed by atoms with Gasteiger partial charge in [0.25, 0.3) is 5.91 Å². The first-order chi connectivity index (χ1) is 14.9. The summed E-state index contributed by atoms with van der Waals surface area (Å²) in [5.74, 6) is 0.817. The van der Waals surface area contributed by atoms with Crippen LogP contribution in [-0.2, 0) is 4.79 Å². The predicted molar refractivity (Wildman–Crippen MR) is 124 cm³/mol. The number of nitrogens with one attached hydrogen (secondary N) is 2. The van der Waals surface area contributed by atoms with Crippen LogP contribution in [-0.4, -0.2) is 45.1 Å². The van der Waals surface area contributed by atoms with Crippen molar-refractivity contribution in [1.29, 1.82) is 0 Å². The van der Waals surface area contributed by atoms with Gasteiger partial charge in [0.05, 0.1) is 17.6 Å². The maximum Gasteiger partial charge on any atom is 0.325 e. The number of urea groups is 1. The number of carbonyl (C=O) groups excluding carboxylic acids is 2. The summed E-state index contributed by atoms with van der Waals surface area (Å²) in [6.45, 7) is 4.04. The van der Waals surface area contributed by atoms with Gasteiger partial charge in [0.1, 0.15) is 30.3 Å². The van der Waals surface area contributed by atoms with Crippen LogP contribution in [0.2, 0.25) is 0 Å². The highest BCUT2D eigenvalue weighted by Gasteiger charge is 2.45. The maximum absolute atomic E-state index is 13.3. The van der Waals surface area contributed by atoms with Crippen LogP contribution < -0.4 is 10.1 Å². The molecular formula is C22H23IN4O4. The van der Waals surface area contributed by atoms with Crippen LogP contribution in [0, 0.1) is 9.49 Å². The molecule has 0 saturated carbocycles. The van der Waals surface area contributed by atoms with Crippen molar-refractivity contribution >= 4 is 45.6 Å². The molecule has 3 N–H and O–H groups in total. The normalized spacial score (nSPS) is 17.5. The molecule has 1 saturated heterocycles. The number of carbonyl (C=O) groups is 2. The third kappa shape index (κ3) is 4.24. The molecule has 2 aromatic carbocycles. The highest BCUT2D eigenvalue weighted by atomic mass is 127. The summed E-state index contributed by atoms with van der Waals surface area (Å²) >= 11 is 2.23. The van der Waals surface area contributed by atoms with Crippen molar-refractivity contribution in [2.75, 3.05) is 13.2 Å². The molecular weight excluding hydrogens is 511 g/mol. The van der Waals surface area contributed by atoms with E-state index in [1.54, 1.807) is 24.3 Å². The van der Waals surface area contributed by atoms with Gasteiger partial charge in [-0.2, -0.15) is 0 Å². The van der Waals surface area contributed by atoms with Gasteiger partial charge in [0.2, 0.25) is 0 Å². The Kier molecular flexibility index (Phi) is 6.15. The Hall–Kier alpha value is -2.66. The van der Waals surface area contributed by atoms with E-state index >= 15 is 0 Å². The van der Waals surface area contributed by atoms with Gasteiger partial charge < -0.3 is 20.1 Å². The summed E-state index contributed by atoms with van der Waals surface area (Å²) in [6, 6.07) is 11.1. The van der Waals surface area contributed by atoms with Crippen molar-refractivity contribution < 1.29 is 19.4 Å². The molecule has 1 aliphatic heterocycles. The van der Waals surface area contributed by atoms with Crippen LogP contribution in [0.3, 0.4) is 0 Å². The van der Waals surface area contributed by atoms with Crippen LogP contribution in [0.25, 0.3) is 11.0 Å². The van der Waals surface area contributed by atoms with E-state index in [1.807, 2.05) is 32.0 Å². The van der Waals surface area contributed by atoms with Gasteiger partial charge in [-0.05, 0) is 64.4 Å². The van der Waals surface area contributed by atoms with E-state index in [-0.39, 0.29) is 25.0 Å². The first-order valence-electron chi connectivity index (χ1n) is 10.0. The lowest BCUT2D eigenvalue weighted by Gasteiger charge is -2.27. The van der Waals surface area contributed by atoms with Crippen molar-refractivity contribution in [3.63, 3.8) is 0 Å². The van der Waals surface area contributed by atoms with Crippen LogP contribution in [0.15, 0.2) is 42.5 Å². The highest BCUT2D eigenvalue weighted by molar-refractivity contribution is 14.1. The Bertz CT molecular complexity index is 1110. The van der Waals surface area contributed by atoms with Crippen LogP contribution in [0.5, 0.6) is 5.75 Å². The van der Waals surface area contributed by atoms with Crippen molar-refractivity contribution in [1.82, 2.24) is 20.2 Å². The molecule has 3 aromatic rings. The largest absolute Gasteiger partial charge is 0.491 e. The number of fused-ring (bicyclic) bond motifs is 1. The molecule has 1 unspecified atom stereocenters. The molecule has 2 heterocycles. The number of ether oxygens (including phenoxy) is 1. The molecule has 1 aromatic heterocycles. The number of aliphatic hydroxyl groups is 1. The van der Waals surface area contributed by atoms with Gasteiger partial charge in [-0.3, -0.25) is 9.69 Å². The van der Waals surface area contributed by atoms with E-state index < -0.39 is 18.1 Å². The zero-order valence-electron chi connectivity index (χ0n) is 17.1. The fourth-order valence-corrected chi connectivity index (χ4v) is 4.25. The lowest BCUT2D eigenvalue weighted by Crippen LogP contribution is -2.38. The Labute approximate surface area is 193 Å². The number of hydrogen-bond acceptors (Lipinski definition) is 5.